The highest BCUT2D eigenvalue weighted by Gasteiger charge is 2.31. The number of hydrazine groups is 1. The van der Waals surface area contributed by atoms with Gasteiger partial charge >= 0.3 is 6.03 Å². The molecule has 0 aliphatic carbocycles. The molecule has 0 radical (unpaired) electrons. The number of amides is 3. The van der Waals surface area contributed by atoms with E-state index in [-0.39, 0.29) is 18.0 Å². The number of carbonyl (C=O) groups is 2. The lowest BCUT2D eigenvalue weighted by atomic mass is 10.2. The van der Waals surface area contributed by atoms with Crippen LogP contribution < -0.4 is 15.6 Å². The Labute approximate surface area is 136 Å². The Bertz CT molecular complexity index is 557. The van der Waals surface area contributed by atoms with Crippen LogP contribution in [0.4, 0.5) is 10.5 Å². The van der Waals surface area contributed by atoms with Gasteiger partial charge in [0.05, 0.1) is 6.04 Å². The average Bonchev–Trinajstić information content (AvgIpc) is 2.91. The fourth-order valence-corrected chi connectivity index (χ4v) is 2.94. The maximum atomic E-state index is 12.1. The van der Waals surface area contributed by atoms with Crippen LogP contribution in [0.1, 0.15) is 6.42 Å². The lowest BCUT2D eigenvalue weighted by molar-refractivity contribution is -0.117. The van der Waals surface area contributed by atoms with Crippen molar-refractivity contribution in [2.24, 2.45) is 0 Å². The molecule has 0 spiro atoms. The molecule has 2 aliphatic heterocycles. The Morgan fingerprint density at radius 1 is 1.13 bits per heavy atom. The number of likely N-dealkylation sites (N-methyl/N-ethyl adjacent to an activating group) is 1. The van der Waals surface area contributed by atoms with E-state index in [1.165, 1.54) is 0 Å². The lowest BCUT2D eigenvalue weighted by Crippen LogP contribution is -2.56. The second-order valence-corrected chi connectivity index (χ2v) is 6.12. The minimum Gasteiger partial charge on any atom is -0.332 e. The first-order valence-corrected chi connectivity index (χ1v) is 7.98. The predicted octanol–water partition coefficient (Wildman–Crippen LogP) is 0.254. The Hall–Kier alpha value is -2.12. The quantitative estimate of drug-likeness (QED) is 0.839. The number of nitrogens with one attached hydrogen (secondary N) is 2. The molecule has 1 atom stereocenters. The average molecular weight is 317 g/mol. The molecule has 0 unspecified atom stereocenters. The van der Waals surface area contributed by atoms with Crippen molar-refractivity contribution in [3.8, 4) is 0 Å². The molecule has 3 amide bonds. The van der Waals surface area contributed by atoms with Crippen LogP contribution in [0.3, 0.4) is 0 Å². The molecule has 23 heavy (non-hydrogen) atoms. The first-order chi connectivity index (χ1) is 11.1. The molecule has 1 aromatic carbocycles. The zero-order valence-corrected chi connectivity index (χ0v) is 13.4. The topological polar surface area (TPSA) is 67.9 Å². The van der Waals surface area contributed by atoms with Crippen molar-refractivity contribution >= 4 is 17.6 Å². The second-order valence-electron chi connectivity index (χ2n) is 6.12. The maximum Gasteiger partial charge on any atom is 0.329 e. The van der Waals surface area contributed by atoms with E-state index < -0.39 is 0 Å². The summed E-state index contributed by atoms with van der Waals surface area (Å²) >= 11 is 0. The molecule has 3 rings (SSSR count). The van der Waals surface area contributed by atoms with Crippen molar-refractivity contribution < 1.29 is 9.59 Å². The summed E-state index contributed by atoms with van der Waals surface area (Å²) in [4.78, 5) is 28.2. The summed E-state index contributed by atoms with van der Waals surface area (Å²) in [6.45, 7) is 4.00. The van der Waals surface area contributed by atoms with Crippen LogP contribution in [0.2, 0.25) is 0 Å². The van der Waals surface area contributed by atoms with Crippen LogP contribution in [0, 0.1) is 0 Å². The maximum absolute atomic E-state index is 12.1. The van der Waals surface area contributed by atoms with Crippen molar-refractivity contribution in [3.05, 3.63) is 30.3 Å². The van der Waals surface area contributed by atoms with Gasteiger partial charge in [0, 0.05) is 44.8 Å². The van der Waals surface area contributed by atoms with E-state index in [0.29, 0.717) is 13.0 Å². The van der Waals surface area contributed by atoms with Crippen LogP contribution >= 0.6 is 0 Å². The smallest absolute Gasteiger partial charge is 0.329 e. The molecule has 2 heterocycles. The minimum absolute atomic E-state index is 0.0427. The highest BCUT2D eigenvalue weighted by atomic mass is 16.2. The van der Waals surface area contributed by atoms with Crippen LogP contribution in [-0.2, 0) is 4.79 Å². The van der Waals surface area contributed by atoms with E-state index in [1.807, 2.05) is 35.3 Å². The molecule has 2 fully saturated rings. The summed E-state index contributed by atoms with van der Waals surface area (Å²) in [5.74, 6) is 0.0427. The number of hydrogen-bond acceptors (Lipinski definition) is 4. The molecule has 7 heteroatoms. The van der Waals surface area contributed by atoms with Crippen LogP contribution in [0.5, 0.6) is 0 Å². The van der Waals surface area contributed by atoms with Gasteiger partial charge in [-0.2, -0.15) is 0 Å². The van der Waals surface area contributed by atoms with Gasteiger partial charge in [0.2, 0.25) is 5.91 Å². The number of rotatable bonds is 3. The van der Waals surface area contributed by atoms with Gasteiger partial charge in [-0.1, -0.05) is 18.2 Å². The van der Waals surface area contributed by atoms with Gasteiger partial charge in [-0.05, 0) is 19.2 Å². The van der Waals surface area contributed by atoms with Gasteiger partial charge in [0.1, 0.15) is 0 Å². The zero-order valence-electron chi connectivity index (χ0n) is 13.4. The number of anilines is 1. The summed E-state index contributed by atoms with van der Waals surface area (Å²) in [5, 5.41) is 4.82. The van der Waals surface area contributed by atoms with Crippen molar-refractivity contribution in [2.45, 2.75) is 12.5 Å². The number of nitrogens with zero attached hydrogens (tertiary/aromatic N) is 3. The fourth-order valence-electron chi connectivity index (χ4n) is 2.94. The van der Waals surface area contributed by atoms with Crippen LogP contribution in [0.15, 0.2) is 30.3 Å². The standard InChI is InChI=1S/C16H23N5O2/c1-19-7-9-20(10-8-19)18-16(23)17-13-11-15(22)21(12-13)14-5-3-2-4-6-14/h2-6,13H,7-12H2,1H3,(H2,17,18,23)/t13-/m1/s1. The van der Waals surface area contributed by atoms with Gasteiger partial charge in [-0.25, -0.2) is 9.80 Å². The molecule has 2 N–H and O–H groups in total. The number of hydrogen-bond donors (Lipinski definition) is 2. The molecular weight excluding hydrogens is 294 g/mol. The largest absolute Gasteiger partial charge is 0.332 e. The molecule has 0 bridgehead atoms. The molecule has 0 saturated carbocycles. The van der Waals surface area contributed by atoms with E-state index in [2.05, 4.69) is 22.7 Å². The Morgan fingerprint density at radius 3 is 2.52 bits per heavy atom. The summed E-state index contributed by atoms with van der Waals surface area (Å²) in [6.07, 6.45) is 0.338. The van der Waals surface area contributed by atoms with Crippen molar-refractivity contribution in [1.29, 1.82) is 0 Å². The van der Waals surface area contributed by atoms with E-state index in [9.17, 15) is 9.59 Å². The fraction of sp³-hybridized carbons (Fsp3) is 0.500. The lowest BCUT2D eigenvalue weighted by Gasteiger charge is -2.32. The van der Waals surface area contributed by atoms with E-state index >= 15 is 0 Å². The van der Waals surface area contributed by atoms with Crippen LogP contribution in [-0.4, -0.2) is 67.7 Å². The SMILES string of the molecule is CN1CCN(NC(=O)N[C@@H]2CC(=O)N(c3ccccc3)C2)CC1. The minimum atomic E-state index is -0.234. The highest BCUT2D eigenvalue weighted by Crippen LogP contribution is 2.20. The van der Waals surface area contributed by atoms with Crippen molar-refractivity contribution in [2.75, 3.05) is 44.7 Å². The highest BCUT2D eigenvalue weighted by molar-refractivity contribution is 5.96. The van der Waals surface area contributed by atoms with E-state index in [1.54, 1.807) is 4.90 Å². The summed E-state index contributed by atoms with van der Waals surface area (Å²) in [5.41, 5.74) is 3.74. The van der Waals surface area contributed by atoms with Crippen LogP contribution in [0.25, 0.3) is 0 Å². The third kappa shape index (κ3) is 4.00. The molecule has 0 aromatic heterocycles. The third-order valence-corrected chi connectivity index (χ3v) is 4.29. The molecular formula is C16H23N5O2. The molecule has 1 aromatic rings. The van der Waals surface area contributed by atoms with Crippen molar-refractivity contribution in [3.63, 3.8) is 0 Å². The molecule has 2 saturated heterocycles. The summed E-state index contributed by atoms with van der Waals surface area (Å²) in [7, 11) is 2.07. The van der Waals surface area contributed by atoms with Gasteiger partial charge in [-0.3, -0.25) is 10.2 Å². The first kappa shape index (κ1) is 15.8. The third-order valence-electron chi connectivity index (χ3n) is 4.29. The second kappa shape index (κ2) is 6.97. The summed E-state index contributed by atoms with van der Waals surface area (Å²) in [6, 6.07) is 9.16. The predicted molar refractivity (Wildman–Crippen MR) is 87.9 cm³/mol. The van der Waals surface area contributed by atoms with Crippen molar-refractivity contribution in [1.82, 2.24) is 20.7 Å². The number of benzene rings is 1. The summed E-state index contributed by atoms with van der Waals surface area (Å²) < 4.78 is 0. The number of para-hydroxylation sites is 1. The van der Waals surface area contributed by atoms with E-state index in [0.717, 1.165) is 31.9 Å². The monoisotopic (exact) mass is 317 g/mol. The Morgan fingerprint density at radius 2 is 1.83 bits per heavy atom. The number of piperazine rings is 1. The van der Waals surface area contributed by atoms with Gasteiger partial charge < -0.3 is 15.1 Å². The normalized spacial score (nSPS) is 23.1. The number of urea groups is 1. The Kier molecular flexibility index (Phi) is 4.78. The number of carbonyl (C=O) groups excluding carboxylic acids is 2. The molecule has 124 valence electrons. The first-order valence-electron chi connectivity index (χ1n) is 7.98. The van der Waals surface area contributed by atoms with Gasteiger partial charge in [0.15, 0.2) is 0 Å². The molecule has 2 aliphatic rings. The molecule has 7 nitrogen and oxygen atoms in total. The zero-order chi connectivity index (χ0) is 16.2. The van der Waals surface area contributed by atoms with E-state index in [4.69, 9.17) is 0 Å². The van der Waals surface area contributed by atoms with Gasteiger partial charge in [-0.15, -0.1) is 0 Å². The van der Waals surface area contributed by atoms with Gasteiger partial charge in [0.25, 0.3) is 0 Å². The Balaban J connectivity index is 1.49.